The van der Waals surface area contributed by atoms with Gasteiger partial charge in [0, 0.05) is 18.2 Å². The van der Waals surface area contributed by atoms with Crippen LogP contribution in [0.15, 0.2) is 18.2 Å². The first-order valence-electron chi connectivity index (χ1n) is 6.09. The summed E-state index contributed by atoms with van der Waals surface area (Å²) in [5.74, 6) is 5.20. The van der Waals surface area contributed by atoms with Crippen molar-refractivity contribution in [3.05, 3.63) is 34.9 Å². The average Bonchev–Trinajstić information content (AvgIpc) is 2.41. The van der Waals surface area contributed by atoms with Crippen LogP contribution in [0.4, 0.5) is 0 Å². The van der Waals surface area contributed by atoms with E-state index >= 15 is 0 Å². The van der Waals surface area contributed by atoms with Crippen LogP contribution >= 0.6 is 0 Å². The van der Waals surface area contributed by atoms with Crippen LogP contribution in [0.25, 0.3) is 0 Å². The first kappa shape index (κ1) is 15.2. The smallest absolute Gasteiger partial charge is 0.253 e. The molecule has 0 saturated heterocycles. The molecule has 0 aliphatic carbocycles. The van der Waals surface area contributed by atoms with Crippen molar-refractivity contribution in [2.24, 2.45) is 0 Å². The zero-order valence-electron chi connectivity index (χ0n) is 11.5. The fraction of sp³-hybridized carbons (Fsp3) is 0.400. The Balaban J connectivity index is 3.06. The van der Waals surface area contributed by atoms with Gasteiger partial charge in [0.1, 0.15) is 6.61 Å². The fourth-order valence-corrected chi connectivity index (χ4v) is 1.65. The van der Waals surface area contributed by atoms with Crippen LogP contribution in [-0.2, 0) is 0 Å². The molecule has 0 aliphatic rings. The van der Waals surface area contributed by atoms with Crippen LogP contribution in [-0.4, -0.2) is 47.3 Å². The van der Waals surface area contributed by atoms with Crippen LogP contribution in [0.3, 0.4) is 0 Å². The molecule has 1 amide bonds. The zero-order chi connectivity index (χ0) is 14.4. The molecule has 4 nitrogen and oxygen atoms in total. The van der Waals surface area contributed by atoms with E-state index in [2.05, 4.69) is 11.8 Å². The van der Waals surface area contributed by atoms with Gasteiger partial charge in [-0.25, -0.2) is 0 Å². The molecule has 1 unspecified atom stereocenters. The van der Waals surface area contributed by atoms with Gasteiger partial charge in [-0.05, 0) is 37.6 Å². The van der Waals surface area contributed by atoms with E-state index in [1.165, 1.54) is 4.90 Å². The Morgan fingerprint density at radius 2 is 2.05 bits per heavy atom. The van der Waals surface area contributed by atoms with Crippen molar-refractivity contribution in [2.75, 3.05) is 20.3 Å². The lowest BCUT2D eigenvalue weighted by atomic mass is 10.1. The molecule has 1 atom stereocenters. The highest BCUT2D eigenvalue weighted by Crippen LogP contribution is 2.12. The number of carbonyl (C=O) groups excluding carboxylic acids is 1. The second-order valence-corrected chi connectivity index (χ2v) is 4.50. The Bertz CT molecular complexity index is 514. The summed E-state index contributed by atoms with van der Waals surface area (Å²) in [7, 11) is 1.66. The molecule has 1 aromatic carbocycles. The first-order valence-corrected chi connectivity index (χ1v) is 6.09. The molecule has 0 spiro atoms. The van der Waals surface area contributed by atoms with Gasteiger partial charge in [-0.15, -0.1) is 0 Å². The Morgan fingerprint density at radius 1 is 1.37 bits per heavy atom. The normalized spacial score (nSPS) is 11.4. The molecule has 0 radical (unpaired) electrons. The molecule has 0 saturated carbocycles. The van der Waals surface area contributed by atoms with Crippen molar-refractivity contribution in [1.82, 2.24) is 4.90 Å². The predicted molar refractivity (Wildman–Crippen MR) is 73.8 cm³/mol. The van der Waals surface area contributed by atoms with Crippen LogP contribution in [0.1, 0.15) is 28.4 Å². The Labute approximate surface area is 113 Å². The molecule has 0 aromatic heterocycles. The number of rotatable bonds is 3. The molecule has 0 heterocycles. The Kier molecular flexibility index (Phi) is 5.56. The Hall–Kier alpha value is -1.83. The molecule has 0 fully saturated rings. The van der Waals surface area contributed by atoms with E-state index in [4.69, 9.17) is 10.2 Å². The van der Waals surface area contributed by atoms with Crippen molar-refractivity contribution >= 4 is 5.91 Å². The topological polar surface area (TPSA) is 60.8 Å². The second-order valence-electron chi connectivity index (χ2n) is 4.50. The molecule has 1 aromatic rings. The molecular formula is C15H19NO3. The monoisotopic (exact) mass is 261 g/mol. The maximum Gasteiger partial charge on any atom is 0.253 e. The number of nitrogens with zero attached hydrogens (tertiary/aromatic N) is 1. The number of aliphatic hydroxyl groups excluding tert-OH is 2. The minimum atomic E-state index is -0.236. The molecular weight excluding hydrogens is 242 g/mol. The molecule has 102 valence electrons. The van der Waals surface area contributed by atoms with Crippen LogP contribution in [0.5, 0.6) is 0 Å². The number of likely N-dealkylation sites (N-methyl/N-ethyl adjacent to an activating group) is 1. The van der Waals surface area contributed by atoms with Crippen LogP contribution < -0.4 is 0 Å². The van der Waals surface area contributed by atoms with Gasteiger partial charge in [-0.1, -0.05) is 11.8 Å². The van der Waals surface area contributed by atoms with E-state index in [-0.39, 0.29) is 25.2 Å². The van der Waals surface area contributed by atoms with Crippen LogP contribution in [0, 0.1) is 18.8 Å². The van der Waals surface area contributed by atoms with Gasteiger partial charge in [0.15, 0.2) is 0 Å². The van der Waals surface area contributed by atoms with Crippen molar-refractivity contribution in [1.29, 1.82) is 0 Å². The summed E-state index contributed by atoms with van der Waals surface area (Å²) in [5.41, 5.74) is 2.16. The minimum Gasteiger partial charge on any atom is -0.394 e. The van der Waals surface area contributed by atoms with Gasteiger partial charge in [-0.2, -0.15) is 0 Å². The molecule has 19 heavy (non-hydrogen) atoms. The van der Waals surface area contributed by atoms with Gasteiger partial charge in [0.05, 0.1) is 12.6 Å². The summed E-state index contributed by atoms with van der Waals surface area (Å²) in [6.07, 6.45) is 0. The standard InChI is InChI=1S/C15H19NO3/c1-11-7-13(5-4-6-17)9-14(8-11)15(19)16(3)12(2)10-18/h7-9,12,17-18H,6,10H2,1-3H3. The summed E-state index contributed by atoms with van der Waals surface area (Å²) < 4.78 is 0. The van der Waals surface area contributed by atoms with Gasteiger partial charge < -0.3 is 15.1 Å². The molecule has 0 bridgehead atoms. The summed E-state index contributed by atoms with van der Waals surface area (Å²) in [4.78, 5) is 13.7. The average molecular weight is 261 g/mol. The van der Waals surface area contributed by atoms with Crippen molar-refractivity contribution < 1.29 is 15.0 Å². The largest absolute Gasteiger partial charge is 0.394 e. The third kappa shape index (κ3) is 4.09. The number of carbonyl (C=O) groups is 1. The van der Waals surface area contributed by atoms with Crippen molar-refractivity contribution in [2.45, 2.75) is 19.9 Å². The quantitative estimate of drug-likeness (QED) is 0.791. The number of amides is 1. The number of benzene rings is 1. The van der Waals surface area contributed by atoms with E-state index < -0.39 is 0 Å². The number of hydrogen-bond donors (Lipinski definition) is 2. The van der Waals surface area contributed by atoms with Crippen molar-refractivity contribution in [3.8, 4) is 11.8 Å². The number of aryl methyl sites for hydroxylation is 1. The van der Waals surface area contributed by atoms with Gasteiger partial charge in [0.2, 0.25) is 0 Å². The summed E-state index contributed by atoms with van der Waals surface area (Å²) in [6.45, 7) is 3.38. The fourth-order valence-electron chi connectivity index (χ4n) is 1.65. The maximum atomic E-state index is 12.2. The summed E-state index contributed by atoms with van der Waals surface area (Å²) in [5, 5.41) is 17.8. The Morgan fingerprint density at radius 3 is 2.63 bits per heavy atom. The zero-order valence-corrected chi connectivity index (χ0v) is 11.5. The molecule has 4 heteroatoms. The van der Waals surface area contributed by atoms with E-state index in [9.17, 15) is 4.79 Å². The van der Waals surface area contributed by atoms with E-state index in [1.54, 1.807) is 26.1 Å². The lowest BCUT2D eigenvalue weighted by Crippen LogP contribution is -2.37. The van der Waals surface area contributed by atoms with Crippen molar-refractivity contribution in [3.63, 3.8) is 0 Å². The summed E-state index contributed by atoms with van der Waals surface area (Å²) in [6, 6.07) is 5.10. The third-order valence-corrected chi connectivity index (χ3v) is 2.88. The minimum absolute atomic E-state index is 0.0781. The van der Waals surface area contributed by atoms with Crippen LogP contribution in [0.2, 0.25) is 0 Å². The van der Waals surface area contributed by atoms with E-state index in [0.29, 0.717) is 11.1 Å². The highest BCUT2D eigenvalue weighted by Gasteiger charge is 2.17. The van der Waals surface area contributed by atoms with Gasteiger partial charge in [-0.3, -0.25) is 4.79 Å². The summed E-state index contributed by atoms with van der Waals surface area (Å²) >= 11 is 0. The van der Waals surface area contributed by atoms with Gasteiger partial charge >= 0.3 is 0 Å². The predicted octanol–water partition coefficient (Wildman–Crippen LogP) is 0.792. The highest BCUT2D eigenvalue weighted by molar-refractivity contribution is 5.94. The lowest BCUT2D eigenvalue weighted by molar-refractivity contribution is 0.0682. The second kappa shape index (κ2) is 6.93. The maximum absolute atomic E-state index is 12.2. The van der Waals surface area contributed by atoms with E-state index in [0.717, 1.165) is 5.56 Å². The first-order chi connectivity index (χ1) is 8.99. The SMILES string of the molecule is Cc1cc(C#CCO)cc(C(=O)N(C)C(C)CO)c1. The number of aliphatic hydroxyl groups is 2. The molecule has 0 aliphatic heterocycles. The van der Waals surface area contributed by atoms with E-state index in [1.807, 2.05) is 13.0 Å². The third-order valence-electron chi connectivity index (χ3n) is 2.88. The molecule has 2 N–H and O–H groups in total. The number of hydrogen-bond acceptors (Lipinski definition) is 3. The molecule has 1 rings (SSSR count). The lowest BCUT2D eigenvalue weighted by Gasteiger charge is -2.23. The van der Waals surface area contributed by atoms with Gasteiger partial charge in [0.25, 0.3) is 5.91 Å². The highest BCUT2D eigenvalue weighted by atomic mass is 16.3.